The molecule has 24 heavy (non-hydrogen) atoms. The molecule has 3 nitrogen and oxygen atoms in total. The van der Waals surface area contributed by atoms with Gasteiger partial charge in [0.05, 0.1) is 5.60 Å². The highest BCUT2D eigenvalue weighted by molar-refractivity contribution is 6.30. The zero-order chi connectivity index (χ0) is 17.3. The third kappa shape index (κ3) is 3.37. The third-order valence-electron chi connectivity index (χ3n) is 4.52. The van der Waals surface area contributed by atoms with Crippen molar-refractivity contribution in [2.75, 3.05) is 0 Å². The molecule has 2 aromatic rings. The van der Waals surface area contributed by atoms with E-state index >= 15 is 0 Å². The molecule has 124 valence electrons. The summed E-state index contributed by atoms with van der Waals surface area (Å²) in [4.78, 5) is 15.9. The maximum Gasteiger partial charge on any atom is 0.193 e. The Labute approximate surface area is 146 Å². The van der Waals surface area contributed by atoms with Gasteiger partial charge in [-0.05, 0) is 68.3 Å². The van der Waals surface area contributed by atoms with Crippen molar-refractivity contribution in [3.63, 3.8) is 0 Å². The number of rotatable bonds is 4. The lowest BCUT2D eigenvalue weighted by atomic mass is 9.76. The Morgan fingerprint density at radius 3 is 2.62 bits per heavy atom. The number of benzene rings is 1. The molecule has 1 aliphatic carbocycles. The van der Waals surface area contributed by atoms with E-state index in [9.17, 15) is 9.90 Å². The van der Waals surface area contributed by atoms with Crippen LogP contribution < -0.4 is 0 Å². The van der Waals surface area contributed by atoms with Gasteiger partial charge in [-0.15, -0.1) is 0 Å². The van der Waals surface area contributed by atoms with E-state index in [4.69, 9.17) is 11.6 Å². The highest BCUT2D eigenvalue weighted by Crippen LogP contribution is 2.34. The number of nitrogens with one attached hydrogen (secondary N) is 1. The van der Waals surface area contributed by atoms with Gasteiger partial charge in [-0.1, -0.05) is 17.7 Å². The minimum Gasteiger partial charge on any atom is -0.385 e. The summed E-state index contributed by atoms with van der Waals surface area (Å²) in [5.74, 6) is -0.183. The van der Waals surface area contributed by atoms with Crippen LogP contribution in [0.25, 0.3) is 0 Å². The van der Waals surface area contributed by atoms with E-state index < -0.39 is 5.60 Å². The molecule has 0 fully saturated rings. The summed E-state index contributed by atoms with van der Waals surface area (Å²) in [6.45, 7) is 3.66. The topological polar surface area (TPSA) is 53.1 Å². The Balaban J connectivity index is 1.88. The van der Waals surface area contributed by atoms with Crippen LogP contribution in [0.5, 0.6) is 0 Å². The van der Waals surface area contributed by atoms with Crippen molar-refractivity contribution in [2.24, 2.45) is 5.92 Å². The average molecular weight is 342 g/mol. The minimum absolute atomic E-state index is 0.0853. The lowest BCUT2D eigenvalue weighted by Crippen LogP contribution is -2.36. The van der Waals surface area contributed by atoms with Gasteiger partial charge in [0.25, 0.3) is 0 Å². The van der Waals surface area contributed by atoms with E-state index in [-0.39, 0.29) is 11.7 Å². The summed E-state index contributed by atoms with van der Waals surface area (Å²) in [7, 11) is 0. The first-order valence-electron chi connectivity index (χ1n) is 7.93. The van der Waals surface area contributed by atoms with Crippen LogP contribution in [-0.4, -0.2) is 21.5 Å². The van der Waals surface area contributed by atoms with Gasteiger partial charge < -0.3 is 10.1 Å². The second kappa shape index (κ2) is 6.42. The lowest BCUT2D eigenvalue weighted by molar-refractivity contribution is 0.0627. The van der Waals surface area contributed by atoms with Crippen molar-refractivity contribution in [1.29, 1.82) is 0 Å². The zero-order valence-electron chi connectivity index (χ0n) is 13.7. The fourth-order valence-electron chi connectivity index (χ4n) is 3.07. The largest absolute Gasteiger partial charge is 0.385 e. The smallest absolute Gasteiger partial charge is 0.193 e. The predicted molar refractivity (Wildman–Crippen MR) is 96.2 cm³/mol. The van der Waals surface area contributed by atoms with Crippen molar-refractivity contribution in [3.05, 3.63) is 82.2 Å². The normalized spacial score (nSPS) is 23.6. The van der Waals surface area contributed by atoms with Crippen molar-refractivity contribution in [1.82, 2.24) is 4.98 Å². The Bertz CT molecular complexity index is 799. The van der Waals surface area contributed by atoms with Crippen molar-refractivity contribution < 1.29 is 9.90 Å². The summed E-state index contributed by atoms with van der Waals surface area (Å²) in [6, 6.07) is 10.7. The molecular formula is C20H20ClNO2. The first-order chi connectivity index (χ1) is 11.4. The molecule has 2 atom stereocenters. The molecular weight excluding hydrogens is 322 g/mol. The number of aliphatic hydroxyl groups is 1. The fraction of sp³-hybridized carbons (Fsp3) is 0.250. The number of ketones is 1. The van der Waals surface area contributed by atoms with E-state index in [0.717, 1.165) is 11.3 Å². The van der Waals surface area contributed by atoms with Gasteiger partial charge in [-0.3, -0.25) is 4.79 Å². The number of carbonyl (C=O) groups is 1. The molecule has 1 heterocycles. The number of aromatic nitrogens is 1. The minimum atomic E-state index is -1.08. The number of hydrogen-bond donors (Lipinski definition) is 2. The van der Waals surface area contributed by atoms with Crippen LogP contribution in [-0.2, 0) is 6.42 Å². The molecule has 0 bridgehead atoms. The Hall–Kier alpha value is -2.10. The predicted octanol–water partition coefficient (Wildman–Crippen LogP) is 4.35. The van der Waals surface area contributed by atoms with Crippen LogP contribution in [0, 0.1) is 5.92 Å². The van der Waals surface area contributed by atoms with Crippen LogP contribution in [0.1, 0.15) is 29.9 Å². The summed E-state index contributed by atoms with van der Waals surface area (Å²) in [6.07, 6.45) is 6.24. The van der Waals surface area contributed by atoms with E-state index in [1.54, 1.807) is 37.3 Å². The van der Waals surface area contributed by atoms with E-state index in [1.165, 1.54) is 0 Å². The van der Waals surface area contributed by atoms with Gasteiger partial charge in [-0.2, -0.15) is 0 Å². The molecule has 1 aromatic carbocycles. The molecule has 3 rings (SSSR count). The zero-order valence-corrected chi connectivity index (χ0v) is 14.5. The molecule has 2 N–H and O–H groups in total. The summed E-state index contributed by atoms with van der Waals surface area (Å²) in [5, 5.41) is 11.4. The number of aromatic amines is 1. The first kappa shape index (κ1) is 16.7. The van der Waals surface area contributed by atoms with Crippen LogP contribution in [0.3, 0.4) is 0 Å². The van der Waals surface area contributed by atoms with Crippen LogP contribution >= 0.6 is 11.6 Å². The molecule has 4 heteroatoms. The summed E-state index contributed by atoms with van der Waals surface area (Å²) < 4.78 is 0. The molecule has 0 amide bonds. The van der Waals surface area contributed by atoms with Gasteiger partial charge in [0, 0.05) is 34.0 Å². The number of allylic oxidation sites excluding steroid dienone is 2. The number of halogens is 1. The number of Topliss-reactive ketones (excluding diaryl/α,β-unsaturated/α-hetero) is 1. The van der Waals surface area contributed by atoms with Gasteiger partial charge in [0.1, 0.15) is 0 Å². The van der Waals surface area contributed by atoms with E-state index in [0.29, 0.717) is 22.6 Å². The van der Waals surface area contributed by atoms with Crippen LogP contribution in [0.4, 0.5) is 0 Å². The maximum atomic E-state index is 12.8. The molecule has 2 unspecified atom stereocenters. The van der Waals surface area contributed by atoms with Gasteiger partial charge in [0.2, 0.25) is 0 Å². The molecule has 1 aliphatic rings. The number of hydrogen-bond acceptors (Lipinski definition) is 2. The highest BCUT2D eigenvalue weighted by atomic mass is 35.5. The SMILES string of the molecule is CC1=CC(Cc2ccc[nH]2)C(C)(O)C=C1C(=O)c1ccc(Cl)cc1. The van der Waals surface area contributed by atoms with E-state index in [1.807, 2.05) is 31.3 Å². The highest BCUT2D eigenvalue weighted by Gasteiger charge is 2.34. The molecule has 0 saturated carbocycles. The molecule has 0 saturated heterocycles. The second-order valence-electron chi connectivity index (χ2n) is 6.48. The Morgan fingerprint density at radius 1 is 1.29 bits per heavy atom. The summed E-state index contributed by atoms with van der Waals surface area (Å²) >= 11 is 5.88. The maximum absolute atomic E-state index is 12.8. The van der Waals surface area contributed by atoms with Crippen molar-refractivity contribution >= 4 is 17.4 Å². The lowest BCUT2D eigenvalue weighted by Gasteiger charge is -2.33. The fourth-order valence-corrected chi connectivity index (χ4v) is 3.20. The number of H-pyrrole nitrogens is 1. The van der Waals surface area contributed by atoms with Crippen molar-refractivity contribution in [3.8, 4) is 0 Å². The summed E-state index contributed by atoms with van der Waals surface area (Å²) in [5.41, 5.74) is 1.98. The average Bonchev–Trinajstić information content (AvgIpc) is 3.04. The quantitative estimate of drug-likeness (QED) is 0.812. The second-order valence-corrected chi connectivity index (χ2v) is 6.91. The van der Waals surface area contributed by atoms with Crippen molar-refractivity contribution in [2.45, 2.75) is 25.9 Å². The first-order valence-corrected chi connectivity index (χ1v) is 8.31. The van der Waals surface area contributed by atoms with Gasteiger partial charge in [-0.25, -0.2) is 0 Å². The molecule has 0 spiro atoms. The van der Waals surface area contributed by atoms with Crippen LogP contribution in [0.2, 0.25) is 5.02 Å². The van der Waals surface area contributed by atoms with Gasteiger partial charge in [0.15, 0.2) is 5.78 Å². The molecule has 0 radical (unpaired) electrons. The third-order valence-corrected chi connectivity index (χ3v) is 4.77. The molecule has 0 aliphatic heterocycles. The monoisotopic (exact) mass is 341 g/mol. The Morgan fingerprint density at radius 2 is 2.00 bits per heavy atom. The Kier molecular flexibility index (Phi) is 4.48. The van der Waals surface area contributed by atoms with E-state index in [2.05, 4.69) is 4.98 Å². The standard InChI is InChI=1S/C20H20ClNO2/c1-13-10-15(11-17-4-3-9-22-17)20(2,24)12-18(13)19(23)14-5-7-16(21)8-6-14/h3-10,12,15,22,24H,11H2,1-2H3. The van der Waals surface area contributed by atoms with Gasteiger partial charge >= 0.3 is 0 Å². The molecule has 1 aromatic heterocycles. The number of carbonyl (C=O) groups excluding carboxylic acids is 1. The van der Waals surface area contributed by atoms with Crippen LogP contribution in [0.15, 0.2) is 65.9 Å².